The number of likely N-dealkylation sites (N-methyl/N-ethyl adjacent to an activating group) is 1. The van der Waals surface area contributed by atoms with E-state index in [1.54, 1.807) is 22.9 Å². The quantitative estimate of drug-likeness (QED) is 0.819. The molecule has 2 heterocycles. The molecule has 0 N–H and O–H groups in total. The van der Waals surface area contributed by atoms with Gasteiger partial charge in [0.1, 0.15) is 6.04 Å². The summed E-state index contributed by atoms with van der Waals surface area (Å²) >= 11 is 1.68. The number of carbonyl (C=O) groups excluding carboxylic acids is 2. The van der Waals surface area contributed by atoms with Gasteiger partial charge in [-0.3, -0.25) is 14.6 Å². The Labute approximate surface area is 147 Å². The summed E-state index contributed by atoms with van der Waals surface area (Å²) in [6.45, 7) is 0.627. The van der Waals surface area contributed by atoms with Crippen molar-refractivity contribution in [2.75, 3.05) is 25.2 Å². The van der Waals surface area contributed by atoms with Gasteiger partial charge < -0.3 is 9.80 Å². The average molecular weight is 347 g/mol. The van der Waals surface area contributed by atoms with E-state index in [-0.39, 0.29) is 23.8 Å². The van der Waals surface area contributed by atoms with Crippen LogP contribution in [-0.2, 0) is 16.0 Å². The van der Waals surface area contributed by atoms with Gasteiger partial charge in [0, 0.05) is 43.6 Å². The van der Waals surface area contributed by atoms with Crippen LogP contribution in [0.4, 0.5) is 0 Å². The first-order valence-corrected chi connectivity index (χ1v) is 9.85. The van der Waals surface area contributed by atoms with E-state index in [4.69, 9.17) is 0 Å². The molecule has 2 aliphatic rings. The molecule has 6 heteroatoms. The molecule has 1 aliphatic heterocycles. The molecule has 1 atom stereocenters. The highest BCUT2D eigenvalue weighted by Gasteiger charge is 2.39. The summed E-state index contributed by atoms with van der Waals surface area (Å²) in [4.78, 5) is 33.4. The third-order valence-corrected chi connectivity index (χ3v) is 5.97. The summed E-state index contributed by atoms with van der Waals surface area (Å²) in [6.07, 6.45) is 6.75. The number of aromatic nitrogens is 1. The van der Waals surface area contributed by atoms with E-state index in [1.807, 2.05) is 30.1 Å². The van der Waals surface area contributed by atoms with Crippen molar-refractivity contribution in [3.8, 4) is 0 Å². The lowest BCUT2D eigenvalue weighted by atomic mass is 10.1. The van der Waals surface area contributed by atoms with E-state index >= 15 is 0 Å². The lowest BCUT2D eigenvalue weighted by Gasteiger charge is -2.29. The highest BCUT2D eigenvalue weighted by molar-refractivity contribution is 7.99. The number of pyridine rings is 1. The first-order chi connectivity index (χ1) is 11.7. The minimum absolute atomic E-state index is 0.0577. The molecule has 0 spiro atoms. The van der Waals surface area contributed by atoms with Crippen LogP contribution in [-0.4, -0.2) is 57.9 Å². The Balaban J connectivity index is 1.57. The molecule has 2 amide bonds. The van der Waals surface area contributed by atoms with Gasteiger partial charge in [0.15, 0.2) is 0 Å². The van der Waals surface area contributed by atoms with Crippen molar-refractivity contribution in [2.45, 2.75) is 38.1 Å². The van der Waals surface area contributed by atoms with Gasteiger partial charge in [-0.15, -0.1) is 11.8 Å². The molecule has 130 valence electrons. The number of amides is 2. The van der Waals surface area contributed by atoms with Gasteiger partial charge in [-0.05, 0) is 25.0 Å². The van der Waals surface area contributed by atoms with Crippen LogP contribution >= 0.6 is 11.8 Å². The Kier molecular flexibility index (Phi) is 5.76. The van der Waals surface area contributed by atoms with Crippen molar-refractivity contribution in [2.24, 2.45) is 5.92 Å². The molecule has 2 fully saturated rings. The summed E-state index contributed by atoms with van der Waals surface area (Å²) < 4.78 is 0. The molecule has 3 rings (SSSR count). The van der Waals surface area contributed by atoms with E-state index in [2.05, 4.69) is 4.98 Å². The second-order valence-corrected chi connectivity index (χ2v) is 7.64. The molecule has 24 heavy (non-hydrogen) atoms. The summed E-state index contributed by atoms with van der Waals surface area (Å²) in [5.74, 6) is 1.75. The topological polar surface area (TPSA) is 53.5 Å². The molecule has 1 aromatic heterocycles. The predicted molar refractivity (Wildman–Crippen MR) is 95.5 cm³/mol. The number of carbonyl (C=O) groups is 2. The van der Waals surface area contributed by atoms with Gasteiger partial charge in [-0.25, -0.2) is 0 Å². The number of nitrogens with zero attached hydrogens (tertiary/aromatic N) is 3. The first-order valence-electron chi connectivity index (χ1n) is 8.70. The van der Waals surface area contributed by atoms with E-state index in [9.17, 15) is 9.59 Å². The Hall–Kier alpha value is -1.56. The van der Waals surface area contributed by atoms with Gasteiger partial charge in [-0.2, -0.15) is 0 Å². The Morgan fingerprint density at radius 3 is 2.83 bits per heavy atom. The Morgan fingerprint density at radius 2 is 2.12 bits per heavy atom. The zero-order chi connectivity index (χ0) is 16.9. The fraction of sp³-hybridized carbons (Fsp3) is 0.611. The lowest BCUT2D eigenvalue weighted by molar-refractivity contribution is -0.144. The van der Waals surface area contributed by atoms with E-state index in [0.29, 0.717) is 18.2 Å². The van der Waals surface area contributed by atoms with Crippen LogP contribution < -0.4 is 0 Å². The third-order valence-electron chi connectivity index (χ3n) is 4.96. The summed E-state index contributed by atoms with van der Waals surface area (Å²) in [5, 5.41) is 0. The average Bonchev–Trinajstić information content (AvgIpc) is 3.30. The van der Waals surface area contributed by atoms with Gasteiger partial charge in [0.2, 0.25) is 11.8 Å². The van der Waals surface area contributed by atoms with Gasteiger partial charge >= 0.3 is 0 Å². The standard InChI is InChI=1S/C18H25N3O2S/c1-20(11-9-15-8-4-5-10-19-15)18(23)16-12-24-13-21(16)17(22)14-6-2-3-7-14/h4-5,8,10,14,16H,2-3,6-7,9,11-13H2,1H3. The number of hydrogen-bond donors (Lipinski definition) is 0. The summed E-state index contributed by atoms with van der Waals surface area (Å²) in [6, 6.07) is 5.52. The van der Waals surface area contributed by atoms with Gasteiger partial charge in [0.05, 0.1) is 5.88 Å². The van der Waals surface area contributed by atoms with Crippen molar-refractivity contribution in [1.82, 2.24) is 14.8 Å². The first kappa shape index (κ1) is 17.3. The Morgan fingerprint density at radius 1 is 1.33 bits per heavy atom. The largest absolute Gasteiger partial charge is 0.344 e. The minimum Gasteiger partial charge on any atom is -0.344 e. The SMILES string of the molecule is CN(CCc1ccccn1)C(=O)C1CSCN1C(=O)C1CCCC1. The van der Waals surface area contributed by atoms with Crippen LogP contribution in [0.25, 0.3) is 0 Å². The van der Waals surface area contributed by atoms with Gasteiger partial charge in [0.25, 0.3) is 0 Å². The monoisotopic (exact) mass is 347 g/mol. The molecular formula is C18H25N3O2S. The Bertz CT molecular complexity index is 575. The van der Waals surface area contributed by atoms with Crippen molar-refractivity contribution in [1.29, 1.82) is 0 Å². The zero-order valence-electron chi connectivity index (χ0n) is 14.2. The summed E-state index contributed by atoms with van der Waals surface area (Å²) in [5.41, 5.74) is 0.983. The molecule has 1 unspecified atom stereocenters. The molecule has 1 aliphatic carbocycles. The highest BCUT2D eigenvalue weighted by Crippen LogP contribution is 2.31. The predicted octanol–water partition coefficient (Wildman–Crippen LogP) is 2.17. The fourth-order valence-corrected chi connectivity index (χ4v) is 4.62. The number of rotatable bonds is 5. The van der Waals surface area contributed by atoms with Crippen LogP contribution in [0.1, 0.15) is 31.4 Å². The molecule has 0 aromatic carbocycles. The second-order valence-electron chi connectivity index (χ2n) is 6.64. The van der Waals surface area contributed by atoms with E-state index in [1.165, 1.54) is 0 Å². The van der Waals surface area contributed by atoms with E-state index in [0.717, 1.165) is 37.8 Å². The number of thioether (sulfide) groups is 1. The molecule has 1 saturated heterocycles. The fourth-order valence-electron chi connectivity index (χ4n) is 3.46. The number of hydrogen-bond acceptors (Lipinski definition) is 4. The maximum Gasteiger partial charge on any atom is 0.246 e. The van der Waals surface area contributed by atoms with Crippen molar-refractivity contribution < 1.29 is 9.59 Å². The van der Waals surface area contributed by atoms with Crippen molar-refractivity contribution >= 4 is 23.6 Å². The minimum atomic E-state index is -0.295. The molecule has 5 nitrogen and oxygen atoms in total. The van der Waals surface area contributed by atoms with Crippen molar-refractivity contribution in [3.05, 3.63) is 30.1 Å². The van der Waals surface area contributed by atoms with Gasteiger partial charge in [-0.1, -0.05) is 18.9 Å². The van der Waals surface area contributed by atoms with Crippen LogP contribution in [0.15, 0.2) is 24.4 Å². The molecule has 0 bridgehead atoms. The van der Waals surface area contributed by atoms with Crippen molar-refractivity contribution in [3.63, 3.8) is 0 Å². The maximum absolute atomic E-state index is 12.8. The maximum atomic E-state index is 12.8. The molecule has 1 aromatic rings. The van der Waals surface area contributed by atoms with Crippen LogP contribution in [0.5, 0.6) is 0 Å². The molecule has 1 saturated carbocycles. The smallest absolute Gasteiger partial charge is 0.246 e. The molecule has 0 radical (unpaired) electrons. The third kappa shape index (κ3) is 3.91. The zero-order valence-corrected chi connectivity index (χ0v) is 15.0. The molecular weight excluding hydrogens is 322 g/mol. The van der Waals surface area contributed by atoms with Crippen LogP contribution in [0.2, 0.25) is 0 Å². The van der Waals surface area contributed by atoms with Crippen LogP contribution in [0.3, 0.4) is 0 Å². The highest BCUT2D eigenvalue weighted by atomic mass is 32.2. The lowest BCUT2D eigenvalue weighted by Crippen LogP contribution is -2.49. The summed E-state index contributed by atoms with van der Waals surface area (Å²) in [7, 11) is 1.83. The second kappa shape index (κ2) is 8.01. The van der Waals surface area contributed by atoms with E-state index < -0.39 is 0 Å². The normalized spacial score (nSPS) is 21.2. The van der Waals surface area contributed by atoms with Crippen LogP contribution in [0, 0.1) is 5.92 Å².